The second-order valence-electron chi connectivity index (χ2n) is 5.52. The van der Waals surface area contributed by atoms with Crippen LogP contribution in [0.4, 0.5) is 10.5 Å². The van der Waals surface area contributed by atoms with Gasteiger partial charge < -0.3 is 9.47 Å². The normalized spacial score (nSPS) is 19.8. The zero-order valence-corrected chi connectivity index (χ0v) is 16.2. The Hall–Kier alpha value is -1.41. The van der Waals surface area contributed by atoms with Crippen LogP contribution in [0.25, 0.3) is 0 Å². The van der Waals surface area contributed by atoms with E-state index in [9.17, 15) is 13.8 Å². The zero-order chi connectivity index (χ0) is 17.9. The molecule has 0 radical (unpaired) electrons. The highest BCUT2D eigenvalue weighted by atomic mass is 79.9. The Morgan fingerprint density at radius 1 is 1.54 bits per heavy atom. The quantitative estimate of drug-likeness (QED) is 0.665. The molecule has 3 unspecified atom stereocenters. The molecule has 24 heavy (non-hydrogen) atoms. The maximum absolute atomic E-state index is 12.2. The van der Waals surface area contributed by atoms with Gasteiger partial charge in [-0.25, -0.2) is 4.79 Å². The number of esters is 1. The Balaban J connectivity index is 2.11. The first-order chi connectivity index (χ1) is 11.3. The predicted octanol–water partition coefficient (Wildman–Crippen LogP) is 2.78. The molecule has 0 saturated carbocycles. The summed E-state index contributed by atoms with van der Waals surface area (Å²) in [7, 11) is -1.40. The van der Waals surface area contributed by atoms with E-state index in [1.165, 1.54) is 11.2 Å². The van der Waals surface area contributed by atoms with E-state index in [0.29, 0.717) is 6.54 Å². The molecule has 1 fully saturated rings. The predicted molar refractivity (Wildman–Crippen MR) is 95.6 cm³/mol. The van der Waals surface area contributed by atoms with E-state index in [1.54, 1.807) is 6.92 Å². The molecule has 0 aliphatic carbocycles. The van der Waals surface area contributed by atoms with Crippen LogP contribution >= 0.6 is 15.9 Å². The summed E-state index contributed by atoms with van der Waals surface area (Å²) in [6.07, 6.45) is 0.670. The van der Waals surface area contributed by atoms with Gasteiger partial charge in [-0.2, -0.15) is 0 Å². The zero-order valence-electron chi connectivity index (χ0n) is 13.8. The van der Waals surface area contributed by atoms with Crippen LogP contribution in [0.2, 0.25) is 0 Å². The van der Waals surface area contributed by atoms with Crippen molar-refractivity contribution < 1.29 is 23.3 Å². The summed E-state index contributed by atoms with van der Waals surface area (Å²) in [5.74, 6) is -0.521. The first kappa shape index (κ1) is 18.9. The van der Waals surface area contributed by atoms with Crippen molar-refractivity contribution >= 4 is 44.5 Å². The molecule has 1 aromatic rings. The second kappa shape index (κ2) is 8.11. The van der Waals surface area contributed by atoms with E-state index in [2.05, 4.69) is 15.9 Å². The molecule has 0 N–H and O–H groups in total. The van der Waals surface area contributed by atoms with Crippen molar-refractivity contribution in [1.29, 1.82) is 0 Å². The molecule has 8 heteroatoms. The standard InChI is InChI=1S/C16H20BrNO5S/c1-4-22-15(19)14(24(3)21)8-12-9-18(16(20)23-12)13-6-5-11(17)7-10(13)2/h5-7,12,14H,4,8-9H2,1-3H3. The number of cyclic esters (lactones) is 1. The highest BCUT2D eigenvalue weighted by molar-refractivity contribution is 9.10. The molecule has 0 bridgehead atoms. The van der Waals surface area contributed by atoms with Gasteiger partial charge in [0.25, 0.3) is 0 Å². The molecule has 1 aliphatic rings. The Morgan fingerprint density at radius 3 is 2.83 bits per heavy atom. The summed E-state index contributed by atoms with van der Waals surface area (Å²) in [4.78, 5) is 25.6. The van der Waals surface area contributed by atoms with Crippen LogP contribution in [0.15, 0.2) is 22.7 Å². The van der Waals surface area contributed by atoms with Crippen molar-refractivity contribution in [1.82, 2.24) is 0 Å². The van der Waals surface area contributed by atoms with E-state index in [-0.39, 0.29) is 13.0 Å². The van der Waals surface area contributed by atoms with Crippen LogP contribution < -0.4 is 4.90 Å². The molecule has 132 valence electrons. The average molecular weight is 418 g/mol. The molecule has 1 amide bonds. The van der Waals surface area contributed by atoms with Gasteiger partial charge in [-0.3, -0.25) is 13.9 Å². The van der Waals surface area contributed by atoms with Gasteiger partial charge in [0.05, 0.1) is 18.8 Å². The minimum Gasteiger partial charge on any atom is -0.465 e. The van der Waals surface area contributed by atoms with E-state index in [4.69, 9.17) is 9.47 Å². The summed E-state index contributed by atoms with van der Waals surface area (Å²) in [6, 6.07) is 5.60. The first-order valence-corrected chi connectivity index (χ1v) is 9.98. The summed E-state index contributed by atoms with van der Waals surface area (Å²) < 4.78 is 23.1. The van der Waals surface area contributed by atoms with Gasteiger partial charge >= 0.3 is 12.1 Å². The highest BCUT2D eigenvalue weighted by Crippen LogP contribution is 2.29. The summed E-state index contributed by atoms with van der Waals surface area (Å²) in [6.45, 7) is 4.14. The number of amides is 1. The number of hydrogen-bond donors (Lipinski definition) is 0. The lowest BCUT2D eigenvalue weighted by Gasteiger charge is -2.17. The number of benzene rings is 1. The number of hydrogen-bond acceptors (Lipinski definition) is 5. The van der Waals surface area contributed by atoms with Crippen molar-refractivity contribution in [3.8, 4) is 0 Å². The lowest BCUT2D eigenvalue weighted by Crippen LogP contribution is -2.33. The summed E-state index contributed by atoms with van der Waals surface area (Å²) in [5.41, 5.74) is 1.69. The summed E-state index contributed by atoms with van der Waals surface area (Å²) in [5, 5.41) is -0.797. The number of nitrogens with zero attached hydrogens (tertiary/aromatic N) is 1. The lowest BCUT2D eigenvalue weighted by molar-refractivity contribution is -0.143. The molecule has 6 nitrogen and oxygen atoms in total. The molecule has 1 aromatic carbocycles. The topological polar surface area (TPSA) is 72.9 Å². The molecule has 3 atom stereocenters. The number of halogens is 1. The third-order valence-electron chi connectivity index (χ3n) is 3.75. The SMILES string of the molecule is CCOC(=O)C(CC1CN(c2ccc(Br)cc2C)C(=O)O1)S(C)=O. The van der Waals surface area contributed by atoms with Gasteiger partial charge in [-0.05, 0) is 37.6 Å². The van der Waals surface area contributed by atoms with Gasteiger partial charge in [0.15, 0.2) is 0 Å². The number of aryl methyl sites for hydroxylation is 1. The molecule has 1 heterocycles. The Bertz CT molecular complexity index is 666. The number of anilines is 1. The largest absolute Gasteiger partial charge is 0.465 e. The van der Waals surface area contributed by atoms with Crippen LogP contribution in [-0.4, -0.2) is 47.0 Å². The molecule has 0 spiro atoms. The van der Waals surface area contributed by atoms with E-state index < -0.39 is 34.2 Å². The number of carbonyl (C=O) groups excluding carboxylic acids is 2. The molecular formula is C16H20BrNO5S. The fraction of sp³-hybridized carbons (Fsp3) is 0.500. The maximum Gasteiger partial charge on any atom is 0.414 e. The third kappa shape index (κ3) is 4.36. The molecule has 1 saturated heterocycles. The third-order valence-corrected chi connectivity index (χ3v) is 5.43. The van der Waals surface area contributed by atoms with Crippen molar-refractivity contribution in [3.63, 3.8) is 0 Å². The van der Waals surface area contributed by atoms with Crippen molar-refractivity contribution in [3.05, 3.63) is 28.2 Å². The first-order valence-electron chi connectivity index (χ1n) is 7.56. The van der Waals surface area contributed by atoms with Gasteiger partial charge in [-0.1, -0.05) is 15.9 Å². The van der Waals surface area contributed by atoms with Crippen LogP contribution in [0.3, 0.4) is 0 Å². The highest BCUT2D eigenvalue weighted by Gasteiger charge is 2.37. The minimum atomic E-state index is -1.40. The smallest absolute Gasteiger partial charge is 0.414 e. The Morgan fingerprint density at radius 2 is 2.25 bits per heavy atom. The molecule has 0 aromatic heterocycles. The fourth-order valence-corrected chi connectivity index (χ4v) is 3.90. The summed E-state index contributed by atoms with van der Waals surface area (Å²) >= 11 is 3.39. The van der Waals surface area contributed by atoms with Crippen LogP contribution in [0.1, 0.15) is 18.9 Å². The molecule has 1 aliphatic heterocycles. The fourth-order valence-electron chi connectivity index (χ4n) is 2.60. The number of ether oxygens (including phenoxy) is 2. The van der Waals surface area contributed by atoms with Crippen LogP contribution in [-0.2, 0) is 25.1 Å². The monoisotopic (exact) mass is 417 g/mol. The molecule has 2 rings (SSSR count). The van der Waals surface area contributed by atoms with E-state index in [1.807, 2.05) is 25.1 Å². The van der Waals surface area contributed by atoms with Crippen LogP contribution in [0.5, 0.6) is 0 Å². The maximum atomic E-state index is 12.2. The minimum absolute atomic E-state index is 0.180. The van der Waals surface area contributed by atoms with Crippen molar-refractivity contribution in [2.75, 3.05) is 24.3 Å². The van der Waals surface area contributed by atoms with Crippen LogP contribution in [0, 0.1) is 6.92 Å². The number of rotatable bonds is 6. The van der Waals surface area contributed by atoms with Gasteiger partial charge in [0.1, 0.15) is 11.4 Å². The second-order valence-corrected chi connectivity index (χ2v) is 8.00. The Labute approximate surface area is 152 Å². The van der Waals surface area contributed by atoms with E-state index in [0.717, 1.165) is 15.7 Å². The van der Waals surface area contributed by atoms with Gasteiger partial charge in [0.2, 0.25) is 0 Å². The average Bonchev–Trinajstić information content (AvgIpc) is 2.85. The Kier molecular flexibility index (Phi) is 6.40. The molecular weight excluding hydrogens is 398 g/mol. The van der Waals surface area contributed by atoms with Crippen molar-refractivity contribution in [2.45, 2.75) is 31.6 Å². The van der Waals surface area contributed by atoms with E-state index >= 15 is 0 Å². The lowest BCUT2D eigenvalue weighted by atomic mass is 10.1. The van der Waals surface area contributed by atoms with Gasteiger partial charge in [0, 0.05) is 27.9 Å². The van der Waals surface area contributed by atoms with Gasteiger partial charge in [-0.15, -0.1) is 0 Å². The van der Waals surface area contributed by atoms with Crippen molar-refractivity contribution in [2.24, 2.45) is 0 Å². The number of carbonyl (C=O) groups is 2.